The summed E-state index contributed by atoms with van der Waals surface area (Å²) in [4.78, 5) is 22.8. The Labute approximate surface area is 302 Å². The molecule has 49 heavy (non-hydrogen) atoms. The fourth-order valence-corrected chi connectivity index (χ4v) is 5.90. The van der Waals surface area contributed by atoms with Gasteiger partial charge in [-0.2, -0.15) is 0 Å². The molecule has 0 rings (SSSR count). The zero-order chi connectivity index (χ0) is 36.3. The highest BCUT2D eigenvalue weighted by Gasteiger charge is 2.26. The van der Waals surface area contributed by atoms with Crippen LogP contribution in [0.4, 0.5) is 0 Å². The molecule has 0 heterocycles. The molecule has 288 valence electrons. The van der Waals surface area contributed by atoms with Gasteiger partial charge in [0.1, 0.15) is 19.3 Å². The highest BCUT2D eigenvalue weighted by molar-refractivity contribution is 7.47. The van der Waals surface area contributed by atoms with Crippen molar-refractivity contribution in [2.24, 2.45) is 0 Å². The van der Waals surface area contributed by atoms with Gasteiger partial charge in [0.05, 0.1) is 34.4 Å². The molecule has 9 heteroatoms. The van der Waals surface area contributed by atoms with Crippen LogP contribution in [0.5, 0.6) is 0 Å². The maximum atomic E-state index is 12.6. The summed E-state index contributed by atoms with van der Waals surface area (Å²) < 4.78 is 34.8. The number of phosphoric acid groups is 1. The number of hydrogen-bond donors (Lipinski definition) is 1. The first-order chi connectivity index (χ1) is 23.6. The molecule has 0 aliphatic carbocycles. The molecule has 0 spiro atoms. The number of carbonyl (C=O) groups excluding carboxylic acids is 1. The topological polar surface area (TPSA) is 91.3 Å². The van der Waals surface area contributed by atoms with Crippen molar-refractivity contribution >= 4 is 13.8 Å². The first-order valence-electron chi connectivity index (χ1n) is 19.7. The zero-order valence-corrected chi connectivity index (χ0v) is 33.3. The fourth-order valence-electron chi connectivity index (χ4n) is 5.15. The quantitative estimate of drug-likeness (QED) is 0.0227. The highest BCUT2D eigenvalue weighted by Crippen LogP contribution is 2.43. The Morgan fingerprint density at radius 1 is 0.653 bits per heavy atom. The SMILES string of the molecule is CC/C=C\C/C=C\C/C=C\CCCCCCCC(=O)O[C@H](COCCCCCCCCCCCCCC)COP(=O)(O)OCC[N+](C)(C)C. The van der Waals surface area contributed by atoms with Crippen LogP contribution in [0.2, 0.25) is 0 Å². The number of ether oxygens (including phenoxy) is 2. The molecule has 0 aliphatic heterocycles. The number of carbonyl (C=O) groups is 1. The van der Waals surface area contributed by atoms with E-state index in [2.05, 4.69) is 50.3 Å². The molecule has 0 radical (unpaired) electrons. The van der Waals surface area contributed by atoms with E-state index in [0.717, 1.165) is 70.6 Å². The van der Waals surface area contributed by atoms with E-state index in [-0.39, 0.29) is 25.8 Å². The Morgan fingerprint density at radius 3 is 1.78 bits per heavy atom. The van der Waals surface area contributed by atoms with Crippen LogP contribution in [0.3, 0.4) is 0 Å². The van der Waals surface area contributed by atoms with Gasteiger partial charge in [-0.25, -0.2) is 4.57 Å². The predicted octanol–water partition coefficient (Wildman–Crippen LogP) is 11.0. The third-order valence-electron chi connectivity index (χ3n) is 8.22. The van der Waals surface area contributed by atoms with Crippen molar-refractivity contribution in [2.75, 3.05) is 54.1 Å². The van der Waals surface area contributed by atoms with Crippen molar-refractivity contribution in [1.29, 1.82) is 0 Å². The summed E-state index contributed by atoms with van der Waals surface area (Å²) in [7, 11) is 1.65. The summed E-state index contributed by atoms with van der Waals surface area (Å²) in [6.07, 6.45) is 37.4. The number of esters is 1. The molecule has 8 nitrogen and oxygen atoms in total. The third-order valence-corrected chi connectivity index (χ3v) is 9.20. The van der Waals surface area contributed by atoms with Gasteiger partial charge in [-0.15, -0.1) is 0 Å². The van der Waals surface area contributed by atoms with E-state index in [1.807, 2.05) is 21.1 Å². The number of nitrogens with zero attached hydrogens (tertiary/aromatic N) is 1. The molecule has 0 fully saturated rings. The second kappa shape index (κ2) is 33.8. The van der Waals surface area contributed by atoms with Gasteiger partial charge >= 0.3 is 13.8 Å². The van der Waals surface area contributed by atoms with Crippen molar-refractivity contribution in [1.82, 2.24) is 0 Å². The summed E-state index contributed by atoms with van der Waals surface area (Å²) in [6.45, 7) is 5.48. The van der Waals surface area contributed by atoms with E-state index in [1.165, 1.54) is 64.2 Å². The molecular formula is C40H77NO7P+. The summed E-state index contributed by atoms with van der Waals surface area (Å²) in [5, 5.41) is 0. The first-order valence-corrected chi connectivity index (χ1v) is 21.2. The molecule has 0 amide bonds. The number of allylic oxidation sites excluding steroid dienone is 6. The van der Waals surface area contributed by atoms with Gasteiger partial charge in [-0.05, 0) is 44.9 Å². The Hall–Kier alpha value is -1.28. The number of phosphoric ester groups is 1. The van der Waals surface area contributed by atoms with Gasteiger partial charge < -0.3 is 18.9 Å². The van der Waals surface area contributed by atoms with E-state index in [1.54, 1.807) is 0 Å². The molecule has 0 aromatic heterocycles. The Kier molecular flexibility index (Phi) is 33.0. The molecule has 0 saturated heterocycles. The van der Waals surface area contributed by atoms with Crippen molar-refractivity contribution in [3.63, 3.8) is 0 Å². The average molecular weight is 715 g/mol. The maximum Gasteiger partial charge on any atom is 0.472 e. The number of quaternary nitrogens is 1. The van der Waals surface area contributed by atoms with Gasteiger partial charge in [-0.1, -0.05) is 140 Å². The van der Waals surface area contributed by atoms with E-state index < -0.39 is 13.9 Å². The number of rotatable bonds is 36. The summed E-state index contributed by atoms with van der Waals surface area (Å²) in [5.41, 5.74) is 0. The number of unbranched alkanes of at least 4 members (excludes halogenated alkanes) is 16. The van der Waals surface area contributed by atoms with Gasteiger partial charge in [0, 0.05) is 13.0 Å². The average Bonchev–Trinajstić information content (AvgIpc) is 3.04. The van der Waals surface area contributed by atoms with E-state index >= 15 is 0 Å². The van der Waals surface area contributed by atoms with Crippen LogP contribution < -0.4 is 0 Å². The maximum absolute atomic E-state index is 12.6. The lowest BCUT2D eigenvalue weighted by Gasteiger charge is -2.24. The van der Waals surface area contributed by atoms with E-state index in [0.29, 0.717) is 24.1 Å². The summed E-state index contributed by atoms with van der Waals surface area (Å²) >= 11 is 0. The molecule has 0 aromatic carbocycles. The summed E-state index contributed by atoms with van der Waals surface area (Å²) in [5.74, 6) is -0.331. The van der Waals surface area contributed by atoms with Crippen LogP contribution in [0.15, 0.2) is 36.5 Å². The molecule has 1 unspecified atom stereocenters. The number of likely N-dealkylation sites (N-methyl/N-ethyl adjacent to an activating group) is 1. The molecular weight excluding hydrogens is 637 g/mol. The van der Waals surface area contributed by atoms with Gasteiger partial charge in [0.15, 0.2) is 0 Å². The second-order valence-electron chi connectivity index (χ2n) is 14.3. The van der Waals surface area contributed by atoms with Crippen molar-refractivity contribution in [3.05, 3.63) is 36.5 Å². The van der Waals surface area contributed by atoms with Gasteiger partial charge in [-0.3, -0.25) is 13.8 Å². The smallest absolute Gasteiger partial charge is 0.457 e. The van der Waals surface area contributed by atoms with Crippen molar-refractivity contribution in [3.8, 4) is 0 Å². The highest BCUT2D eigenvalue weighted by atomic mass is 31.2. The molecule has 0 saturated carbocycles. The first kappa shape index (κ1) is 47.7. The van der Waals surface area contributed by atoms with E-state index in [4.69, 9.17) is 18.5 Å². The van der Waals surface area contributed by atoms with E-state index in [9.17, 15) is 14.3 Å². The molecule has 1 N–H and O–H groups in total. The second-order valence-corrected chi connectivity index (χ2v) is 15.7. The Balaban J connectivity index is 4.32. The summed E-state index contributed by atoms with van der Waals surface area (Å²) in [6, 6.07) is 0. The van der Waals surface area contributed by atoms with Gasteiger partial charge in [0.2, 0.25) is 0 Å². The third kappa shape index (κ3) is 37.8. The predicted molar refractivity (Wildman–Crippen MR) is 206 cm³/mol. The molecule has 2 atom stereocenters. The van der Waals surface area contributed by atoms with Crippen LogP contribution in [0.1, 0.15) is 155 Å². The van der Waals surface area contributed by atoms with Gasteiger partial charge in [0.25, 0.3) is 0 Å². The largest absolute Gasteiger partial charge is 0.472 e. The monoisotopic (exact) mass is 715 g/mol. The molecule has 0 bridgehead atoms. The zero-order valence-electron chi connectivity index (χ0n) is 32.4. The lowest BCUT2D eigenvalue weighted by Crippen LogP contribution is -2.37. The minimum atomic E-state index is -4.27. The standard InChI is InChI=1S/C40H76NO7P/c1-6-8-10-12-14-16-18-20-21-22-23-25-27-29-31-33-40(42)48-39(38-47-49(43,44)46-36-34-41(3,4)5)37-45-35-32-30-28-26-24-19-17-15-13-11-9-7-2/h8,10,14,16,20-21,39H,6-7,9,11-13,15,17-19,22-38H2,1-5H3/p+1/b10-8-,16-14-,21-20-/t39-/m1/s1. The number of hydrogen-bond acceptors (Lipinski definition) is 6. The van der Waals surface area contributed by atoms with Crippen LogP contribution in [-0.2, 0) is 27.9 Å². The normalized spacial score (nSPS) is 14.3. The molecule has 0 aliphatic rings. The van der Waals surface area contributed by atoms with Crippen molar-refractivity contribution < 1.29 is 37.3 Å². The van der Waals surface area contributed by atoms with Crippen molar-refractivity contribution in [2.45, 2.75) is 161 Å². The van der Waals surface area contributed by atoms with Crippen LogP contribution in [0.25, 0.3) is 0 Å². The molecule has 0 aromatic rings. The Morgan fingerprint density at radius 2 is 1.18 bits per heavy atom. The lowest BCUT2D eigenvalue weighted by molar-refractivity contribution is -0.870. The van der Waals surface area contributed by atoms with Crippen LogP contribution >= 0.6 is 7.82 Å². The fraction of sp³-hybridized carbons (Fsp3) is 0.825. The minimum absolute atomic E-state index is 0.0853. The van der Waals surface area contributed by atoms with Crippen LogP contribution in [-0.4, -0.2) is 75.6 Å². The Bertz CT molecular complexity index is 884. The minimum Gasteiger partial charge on any atom is -0.457 e. The lowest BCUT2D eigenvalue weighted by atomic mass is 10.1. The van der Waals surface area contributed by atoms with Crippen LogP contribution in [0, 0.1) is 0 Å².